The van der Waals surface area contributed by atoms with E-state index in [4.69, 9.17) is 0 Å². The van der Waals surface area contributed by atoms with Gasteiger partial charge in [0.25, 0.3) is 0 Å². The number of hydrogen-bond acceptors (Lipinski definition) is 2. The summed E-state index contributed by atoms with van der Waals surface area (Å²) in [5.41, 5.74) is 0. The molecule has 0 radical (unpaired) electrons. The predicted molar refractivity (Wildman–Crippen MR) is 60.2 cm³/mol. The summed E-state index contributed by atoms with van der Waals surface area (Å²) < 4.78 is 0. The average molecular weight is 188 g/mol. The molecule has 3 heteroatoms. The Kier molecular flexibility index (Phi) is 24.0. The molecule has 0 spiro atoms. The minimum atomic E-state index is 0.0839. The van der Waals surface area contributed by atoms with Crippen LogP contribution < -0.4 is 0 Å². The number of carbonyl (C=O) groups excluding carboxylic acids is 1. The molecule has 0 aliphatic heterocycles. The van der Waals surface area contributed by atoms with Crippen LogP contribution in [0.5, 0.6) is 0 Å². The number of hydrogen-bond donors (Lipinski definition) is 0. The summed E-state index contributed by atoms with van der Waals surface area (Å²) in [6.45, 7) is 9.82. The molecule has 0 saturated heterocycles. The normalized spacial score (nSPS) is 7.92. The molecule has 3 nitrogen and oxygen atoms in total. The first-order chi connectivity index (χ1) is 6.22. The third kappa shape index (κ3) is 14.0. The molecule has 0 bridgehead atoms. The zero-order valence-electron chi connectivity index (χ0n) is 10.1. The van der Waals surface area contributed by atoms with Gasteiger partial charge in [-0.05, 0) is 0 Å². The van der Waals surface area contributed by atoms with Gasteiger partial charge in [-0.3, -0.25) is 9.79 Å². The molecule has 1 amide bonds. The fourth-order valence-electron chi connectivity index (χ4n) is 0.487. The van der Waals surface area contributed by atoms with Gasteiger partial charge in [0, 0.05) is 20.5 Å². The Morgan fingerprint density at radius 2 is 1.69 bits per heavy atom. The van der Waals surface area contributed by atoms with E-state index in [0.29, 0.717) is 6.42 Å². The quantitative estimate of drug-likeness (QED) is 0.484. The first kappa shape index (κ1) is 18.0. The highest BCUT2D eigenvalue weighted by molar-refractivity contribution is 5.86. The minimum absolute atomic E-state index is 0.0839. The molecule has 0 saturated carbocycles. The van der Waals surface area contributed by atoms with Crippen LogP contribution in [0.4, 0.5) is 0 Å². The minimum Gasteiger partial charge on any atom is -0.306 e. The van der Waals surface area contributed by atoms with Crippen LogP contribution in [0, 0.1) is 0 Å². The molecule has 0 heterocycles. The van der Waals surface area contributed by atoms with Crippen LogP contribution in [-0.4, -0.2) is 31.2 Å². The van der Waals surface area contributed by atoms with E-state index in [9.17, 15) is 4.79 Å². The molecule has 0 aromatic carbocycles. The molecule has 0 aliphatic carbocycles. The van der Waals surface area contributed by atoms with Gasteiger partial charge >= 0.3 is 0 Å². The fraction of sp³-hybridized carbons (Fsp3) is 0.800. The molecule has 0 aromatic rings. The highest BCUT2D eigenvalue weighted by atomic mass is 16.2. The summed E-state index contributed by atoms with van der Waals surface area (Å²) in [6.07, 6.45) is 2.04. The van der Waals surface area contributed by atoms with Crippen molar-refractivity contribution in [1.82, 2.24) is 4.90 Å². The van der Waals surface area contributed by atoms with Gasteiger partial charge in [-0.2, -0.15) is 0 Å². The zero-order chi connectivity index (χ0) is 11.3. The molecule has 0 atom stereocenters. The highest BCUT2D eigenvalue weighted by Crippen LogP contribution is 1.83. The topological polar surface area (TPSA) is 32.7 Å². The van der Waals surface area contributed by atoms with Crippen LogP contribution >= 0.6 is 0 Å². The van der Waals surface area contributed by atoms with Gasteiger partial charge in [0.2, 0.25) is 5.91 Å². The van der Waals surface area contributed by atoms with Gasteiger partial charge < -0.3 is 4.90 Å². The number of nitrogens with zero attached hydrogens (tertiary/aromatic N) is 2. The Bertz CT molecular complexity index is 122. The molecule has 0 N–H and O–H groups in total. The van der Waals surface area contributed by atoms with Gasteiger partial charge in [-0.1, -0.05) is 34.6 Å². The number of carbonyl (C=O) groups is 1. The van der Waals surface area contributed by atoms with E-state index in [0.717, 1.165) is 0 Å². The van der Waals surface area contributed by atoms with Crippen molar-refractivity contribution < 1.29 is 4.79 Å². The lowest BCUT2D eigenvalue weighted by Gasteiger charge is -2.07. The largest absolute Gasteiger partial charge is 0.306 e. The summed E-state index contributed by atoms with van der Waals surface area (Å²) in [7, 11) is 3.33. The molecule has 0 aromatic heterocycles. The Labute approximate surface area is 82.9 Å². The van der Waals surface area contributed by atoms with Gasteiger partial charge in [0.15, 0.2) is 0 Å². The van der Waals surface area contributed by atoms with E-state index in [1.54, 1.807) is 14.1 Å². The van der Waals surface area contributed by atoms with Crippen molar-refractivity contribution in [3.8, 4) is 0 Å². The lowest BCUT2D eigenvalue weighted by Crippen LogP contribution is -2.23. The second kappa shape index (κ2) is 17.3. The predicted octanol–water partition coefficient (Wildman–Crippen LogP) is 2.57. The van der Waals surface area contributed by atoms with E-state index in [1.165, 1.54) is 11.2 Å². The van der Waals surface area contributed by atoms with Crippen molar-refractivity contribution in [3.05, 3.63) is 0 Å². The Hall–Kier alpha value is -0.860. The van der Waals surface area contributed by atoms with Crippen LogP contribution in [0.15, 0.2) is 4.99 Å². The highest BCUT2D eigenvalue weighted by Gasteiger charge is 1.99. The molecule has 13 heavy (non-hydrogen) atoms. The first-order valence-electron chi connectivity index (χ1n) is 4.90. The average Bonchev–Trinajstić information content (AvgIpc) is 2.23. The van der Waals surface area contributed by atoms with E-state index in [2.05, 4.69) is 4.99 Å². The monoisotopic (exact) mass is 188 g/mol. The van der Waals surface area contributed by atoms with E-state index >= 15 is 0 Å². The van der Waals surface area contributed by atoms with Crippen molar-refractivity contribution >= 4 is 12.2 Å². The van der Waals surface area contributed by atoms with Crippen LogP contribution in [0.1, 0.15) is 41.0 Å². The van der Waals surface area contributed by atoms with Crippen molar-refractivity contribution in [2.45, 2.75) is 41.0 Å². The smallest absolute Gasteiger partial charge is 0.227 e. The van der Waals surface area contributed by atoms with Crippen molar-refractivity contribution in [3.63, 3.8) is 0 Å². The van der Waals surface area contributed by atoms with Crippen molar-refractivity contribution in [2.24, 2.45) is 4.99 Å². The van der Waals surface area contributed by atoms with E-state index in [1.807, 2.05) is 34.6 Å². The summed E-state index contributed by atoms with van der Waals surface area (Å²) in [4.78, 5) is 15.9. The lowest BCUT2D eigenvalue weighted by molar-refractivity contribution is -0.125. The van der Waals surface area contributed by atoms with E-state index < -0.39 is 0 Å². The molecule has 0 fully saturated rings. The zero-order valence-corrected chi connectivity index (χ0v) is 10.1. The molecule has 0 unspecified atom stereocenters. The Morgan fingerprint density at radius 1 is 1.31 bits per heavy atom. The van der Waals surface area contributed by atoms with Crippen LogP contribution in [-0.2, 0) is 4.79 Å². The fourth-order valence-corrected chi connectivity index (χ4v) is 0.487. The second-order valence-electron chi connectivity index (χ2n) is 1.73. The molecule has 80 valence electrons. The third-order valence-corrected chi connectivity index (χ3v) is 0.985. The maximum atomic E-state index is 10.7. The summed E-state index contributed by atoms with van der Waals surface area (Å²) in [6, 6.07) is 0. The standard InChI is InChI=1S/C6H12N2O.2C2H6/c1-4-6(9)8(3)5-7-2;2*1-2/h5H,4H2,1-3H3;2*1-2H3. The first-order valence-corrected chi connectivity index (χ1v) is 4.90. The summed E-state index contributed by atoms with van der Waals surface area (Å²) in [5.74, 6) is 0.0839. The summed E-state index contributed by atoms with van der Waals surface area (Å²) >= 11 is 0. The molecule has 0 aliphatic rings. The van der Waals surface area contributed by atoms with Crippen molar-refractivity contribution in [2.75, 3.05) is 14.1 Å². The van der Waals surface area contributed by atoms with Crippen LogP contribution in [0.25, 0.3) is 0 Å². The number of amides is 1. The van der Waals surface area contributed by atoms with Gasteiger partial charge in [0.1, 0.15) is 0 Å². The molecular weight excluding hydrogens is 164 g/mol. The van der Waals surface area contributed by atoms with Crippen molar-refractivity contribution in [1.29, 1.82) is 0 Å². The van der Waals surface area contributed by atoms with Gasteiger partial charge in [-0.25, -0.2) is 0 Å². The lowest BCUT2D eigenvalue weighted by atomic mass is 10.4. The van der Waals surface area contributed by atoms with E-state index in [-0.39, 0.29) is 5.91 Å². The maximum Gasteiger partial charge on any atom is 0.227 e. The molecular formula is C10H24N2O. The van der Waals surface area contributed by atoms with Crippen LogP contribution in [0.3, 0.4) is 0 Å². The number of rotatable bonds is 2. The Morgan fingerprint density at radius 3 is 1.92 bits per heavy atom. The van der Waals surface area contributed by atoms with Gasteiger partial charge in [-0.15, -0.1) is 0 Å². The number of aliphatic imine (C=N–C) groups is 1. The maximum absolute atomic E-state index is 10.7. The second-order valence-corrected chi connectivity index (χ2v) is 1.73. The summed E-state index contributed by atoms with van der Waals surface area (Å²) in [5, 5.41) is 0. The third-order valence-electron chi connectivity index (χ3n) is 0.985. The SMILES string of the molecule is CC.CC.CCC(=O)N(C)C=NC. The van der Waals surface area contributed by atoms with Gasteiger partial charge in [0.05, 0.1) is 6.34 Å². The van der Waals surface area contributed by atoms with Crippen LogP contribution in [0.2, 0.25) is 0 Å². The molecule has 0 rings (SSSR count). The Balaban J connectivity index is -0.000000218.